The fourth-order valence-electron chi connectivity index (χ4n) is 1.21. The fourth-order valence-corrected chi connectivity index (χ4v) is 1.21. The van der Waals surface area contributed by atoms with Crippen molar-refractivity contribution in [1.29, 1.82) is 0 Å². The van der Waals surface area contributed by atoms with Gasteiger partial charge < -0.3 is 20.3 Å². The predicted octanol–water partition coefficient (Wildman–Crippen LogP) is 0.203. The van der Waals surface area contributed by atoms with Gasteiger partial charge in [0.1, 0.15) is 5.69 Å². The number of oxime groups is 1. The van der Waals surface area contributed by atoms with Crippen LogP contribution in [0.2, 0.25) is 0 Å². The Morgan fingerprint density at radius 1 is 1.47 bits per heavy atom. The summed E-state index contributed by atoms with van der Waals surface area (Å²) in [4.78, 5) is 23.9. The van der Waals surface area contributed by atoms with Crippen LogP contribution in [0, 0.1) is 0 Å². The maximum atomic E-state index is 10.4. The Labute approximate surface area is 94.2 Å². The van der Waals surface area contributed by atoms with Gasteiger partial charge in [-0.05, 0) is 0 Å². The van der Waals surface area contributed by atoms with E-state index in [2.05, 4.69) is 25.1 Å². The van der Waals surface area contributed by atoms with Gasteiger partial charge in [-0.25, -0.2) is 14.8 Å². The van der Waals surface area contributed by atoms with Crippen molar-refractivity contribution in [1.82, 2.24) is 25.3 Å². The van der Waals surface area contributed by atoms with Crippen LogP contribution in [0.15, 0.2) is 23.7 Å². The number of nitrogens with zero attached hydrogens (tertiary/aromatic N) is 3. The van der Waals surface area contributed by atoms with Crippen LogP contribution in [0.1, 0.15) is 5.82 Å². The van der Waals surface area contributed by atoms with Crippen LogP contribution >= 0.6 is 0 Å². The van der Waals surface area contributed by atoms with E-state index in [4.69, 9.17) is 10.3 Å². The Morgan fingerprint density at radius 3 is 2.88 bits per heavy atom. The molecule has 0 fully saturated rings. The number of nitrogens with one attached hydrogen (secondary N) is 3. The standard InChI is InChI=1S/C8H8N6O3/c15-8(16)13-7(14-17)6-11-3-4(12-6)5-9-1-2-10-5/h1-3,17H,(H,9,10)(H,11,12)(H,13,14)(H,15,16). The molecule has 9 nitrogen and oxygen atoms in total. The second kappa shape index (κ2) is 4.35. The number of amidine groups is 1. The van der Waals surface area contributed by atoms with Crippen LogP contribution < -0.4 is 5.32 Å². The first-order valence-electron chi connectivity index (χ1n) is 4.48. The zero-order chi connectivity index (χ0) is 12.3. The number of carboxylic acid groups (broad SMARTS) is 1. The maximum Gasteiger partial charge on any atom is 0.410 e. The third-order valence-electron chi connectivity index (χ3n) is 1.88. The Kier molecular flexibility index (Phi) is 2.73. The van der Waals surface area contributed by atoms with Gasteiger partial charge in [0.05, 0.1) is 6.20 Å². The van der Waals surface area contributed by atoms with Gasteiger partial charge in [0.15, 0.2) is 11.6 Å². The van der Waals surface area contributed by atoms with Crippen molar-refractivity contribution in [3.05, 3.63) is 24.4 Å². The van der Waals surface area contributed by atoms with Crippen molar-refractivity contribution in [2.24, 2.45) is 5.16 Å². The van der Waals surface area contributed by atoms with E-state index in [0.29, 0.717) is 11.5 Å². The van der Waals surface area contributed by atoms with E-state index in [1.165, 1.54) is 6.20 Å². The quantitative estimate of drug-likeness (QED) is 0.219. The molecule has 0 aliphatic heterocycles. The number of amides is 1. The summed E-state index contributed by atoms with van der Waals surface area (Å²) in [7, 11) is 0. The van der Waals surface area contributed by atoms with E-state index in [1.807, 2.05) is 5.32 Å². The summed E-state index contributed by atoms with van der Waals surface area (Å²) in [6.07, 6.45) is 3.27. The molecule has 0 aromatic carbocycles. The molecule has 2 heterocycles. The summed E-state index contributed by atoms with van der Waals surface area (Å²) in [5, 5.41) is 21.8. The summed E-state index contributed by atoms with van der Waals surface area (Å²) in [6.45, 7) is 0. The van der Waals surface area contributed by atoms with Crippen LogP contribution in [0.5, 0.6) is 0 Å². The Balaban J connectivity index is 2.26. The number of rotatable bonds is 2. The van der Waals surface area contributed by atoms with Crippen LogP contribution in [0.25, 0.3) is 11.5 Å². The van der Waals surface area contributed by atoms with Gasteiger partial charge in [0.2, 0.25) is 5.84 Å². The lowest BCUT2D eigenvalue weighted by molar-refractivity contribution is 0.199. The Morgan fingerprint density at radius 2 is 2.29 bits per heavy atom. The molecule has 0 saturated carbocycles. The van der Waals surface area contributed by atoms with E-state index in [-0.39, 0.29) is 11.7 Å². The van der Waals surface area contributed by atoms with E-state index >= 15 is 0 Å². The summed E-state index contributed by atoms with van der Waals surface area (Å²) < 4.78 is 0. The highest BCUT2D eigenvalue weighted by atomic mass is 16.4. The number of aromatic nitrogens is 4. The van der Waals surface area contributed by atoms with Crippen molar-refractivity contribution >= 4 is 11.9 Å². The SMILES string of the molecule is O=C(O)NC(=NO)c1ncc(-c2ncc[nH]2)[nH]1. The first-order chi connectivity index (χ1) is 8.20. The molecule has 5 N–H and O–H groups in total. The third kappa shape index (κ3) is 2.22. The van der Waals surface area contributed by atoms with Crippen LogP contribution in [-0.4, -0.2) is 42.2 Å². The first-order valence-corrected chi connectivity index (χ1v) is 4.48. The second-order valence-corrected chi connectivity index (χ2v) is 2.96. The molecule has 0 spiro atoms. The van der Waals surface area contributed by atoms with Crippen molar-refractivity contribution in [3.63, 3.8) is 0 Å². The number of hydrogen-bond acceptors (Lipinski definition) is 5. The zero-order valence-corrected chi connectivity index (χ0v) is 8.38. The normalized spacial score (nSPS) is 11.4. The van der Waals surface area contributed by atoms with Crippen molar-refractivity contribution in [3.8, 4) is 11.5 Å². The first kappa shape index (κ1) is 10.7. The van der Waals surface area contributed by atoms with E-state index in [1.54, 1.807) is 12.4 Å². The topological polar surface area (TPSA) is 139 Å². The minimum atomic E-state index is -1.35. The monoisotopic (exact) mass is 236 g/mol. The molecular weight excluding hydrogens is 228 g/mol. The van der Waals surface area contributed by atoms with E-state index in [0.717, 1.165) is 0 Å². The summed E-state index contributed by atoms with van der Waals surface area (Å²) >= 11 is 0. The average molecular weight is 236 g/mol. The molecular formula is C8H8N6O3. The van der Waals surface area contributed by atoms with Gasteiger partial charge in [-0.15, -0.1) is 0 Å². The molecule has 88 valence electrons. The summed E-state index contributed by atoms with van der Waals surface area (Å²) in [5.74, 6) is 0.327. The number of imidazole rings is 2. The zero-order valence-electron chi connectivity index (χ0n) is 8.38. The molecule has 9 heteroatoms. The van der Waals surface area contributed by atoms with Crippen molar-refractivity contribution in [2.45, 2.75) is 0 Å². The fraction of sp³-hybridized carbons (Fsp3) is 0. The van der Waals surface area contributed by atoms with E-state index in [9.17, 15) is 4.79 Å². The van der Waals surface area contributed by atoms with Gasteiger partial charge in [0, 0.05) is 12.4 Å². The van der Waals surface area contributed by atoms with Crippen molar-refractivity contribution < 1.29 is 15.1 Å². The predicted molar refractivity (Wildman–Crippen MR) is 55.7 cm³/mol. The highest BCUT2D eigenvalue weighted by molar-refractivity contribution is 6.03. The van der Waals surface area contributed by atoms with Gasteiger partial charge in [-0.2, -0.15) is 0 Å². The molecule has 2 aromatic rings. The van der Waals surface area contributed by atoms with Gasteiger partial charge in [0.25, 0.3) is 0 Å². The van der Waals surface area contributed by atoms with Gasteiger partial charge in [-0.3, -0.25) is 5.32 Å². The lowest BCUT2D eigenvalue weighted by Gasteiger charge is -1.98. The van der Waals surface area contributed by atoms with Crippen LogP contribution in [0.4, 0.5) is 4.79 Å². The van der Waals surface area contributed by atoms with Gasteiger partial charge in [-0.1, -0.05) is 5.16 Å². The van der Waals surface area contributed by atoms with Gasteiger partial charge >= 0.3 is 6.09 Å². The largest absolute Gasteiger partial charge is 0.465 e. The van der Waals surface area contributed by atoms with Crippen LogP contribution in [-0.2, 0) is 0 Å². The number of aromatic amines is 2. The smallest absolute Gasteiger partial charge is 0.410 e. The molecule has 1 amide bonds. The molecule has 17 heavy (non-hydrogen) atoms. The van der Waals surface area contributed by atoms with Crippen molar-refractivity contribution in [2.75, 3.05) is 0 Å². The van der Waals surface area contributed by atoms with E-state index < -0.39 is 6.09 Å². The molecule has 0 unspecified atom stereocenters. The molecule has 2 rings (SSSR count). The number of H-pyrrole nitrogens is 2. The summed E-state index contributed by atoms with van der Waals surface area (Å²) in [5.41, 5.74) is 0.540. The third-order valence-corrected chi connectivity index (χ3v) is 1.88. The Hall–Kier alpha value is -2.84. The molecule has 0 aliphatic carbocycles. The maximum absolute atomic E-state index is 10.4. The minimum Gasteiger partial charge on any atom is -0.465 e. The number of carbonyl (C=O) groups is 1. The number of hydrogen-bond donors (Lipinski definition) is 5. The molecule has 0 aliphatic rings. The molecule has 0 bridgehead atoms. The summed E-state index contributed by atoms with van der Waals surface area (Å²) in [6, 6.07) is 0. The lowest BCUT2D eigenvalue weighted by Crippen LogP contribution is -2.30. The minimum absolute atomic E-state index is 0.0845. The average Bonchev–Trinajstić information content (AvgIpc) is 2.95. The lowest BCUT2D eigenvalue weighted by atomic mass is 10.4. The highest BCUT2D eigenvalue weighted by Gasteiger charge is 2.13. The highest BCUT2D eigenvalue weighted by Crippen LogP contribution is 2.10. The van der Waals surface area contributed by atoms with Crippen LogP contribution in [0.3, 0.4) is 0 Å². The molecule has 2 aromatic heterocycles. The molecule has 0 radical (unpaired) electrons. The Bertz CT molecular complexity index is 543. The second-order valence-electron chi connectivity index (χ2n) is 2.96. The molecule has 0 saturated heterocycles. The molecule has 0 atom stereocenters.